The zero-order valence-electron chi connectivity index (χ0n) is 21.8. The number of benzene rings is 3. The van der Waals surface area contributed by atoms with Crippen LogP contribution in [-0.2, 0) is 26.2 Å². The Morgan fingerprint density at radius 2 is 1.54 bits per heavy atom. The maximum Gasteiger partial charge on any atom is 0.264 e. The van der Waals surface area contributed by atoms with Gasteiger partial charge in [-0.3, -0.25) is 13.9 Å². The molecule has 0 spiro atoms. The second-order valence-electron chi connectivity index (χ2n) is 9.19. The highest BCUT2D eigenvalue weighted by Gasteiger charge is 2.34. The van der Waals surface area contributed by atoms with Crippen molar-refractivity contribution in [2.75, 3.05) is 10.8 Å². The molecule has 0 aliphatic rings. The van der Waals surface area contributed by atoms with Crippen LogP contribution in [0.15, 0.2) is 77.7 Å². The first-order chi connectivity index (χ1) is 18.4. The first-order valence-electron chi connectivity index (χ1n) is 12.3. The van der Waals surface area contributed by atoms with Gasteiger partial charge in [-0.2, -0.15) is 0 Å². The molecule has 208 valence electrons. The van der Waals surface area contributed by atoms with Gasteiger partial charge in [0.2, 0.25) is 11.8 Å². The van der Waals surface area contributed by atoms with E-state index in [-0.39, 0.29) is 45.5 Å². The van der Waals surface area contributed by atoms with E-state index < -0.39 is 34.3 Å². The van der Waals surface area contributed by atoms with Crippen LogP contribution in [0.1, 0.15) is 32.8 Å². The number of rotatable bonds is 11. The van der Waals surface area contributed by atoms with Crippen molar-refractivity contribution in [3.05, 3.63) is 94.2 Å². The van der Waals surface area contributed by atoms with Crippen LogP contribution >= 0.6 is 23.2 Å². The molecule has 11 heteroatoms. The molecule has 0 fully saturated rings. The van der Waals surface area contributed by atoms with Gasteiger partial charge in [0.25, 0.3) is 10.0 Å². The van der Waals surface area contributed by atoms with E-state index in [1.54, 1.807) is 39.0 Å². The minimum Gasteiger partial charge on any atom is -0.352 e. The van der Waals surface area contributed by atoms with Gasteiger partial charge in [0.05, 0.1) is 10.6 Å². The summed E-state index contributed by atoms with van der Waals surface area (Å²) in [5.74, 6) is -1.47. The second kappa shape index (κ2) is 13.3. The highest BCUT2D eigenvalue weighted by molar-refractivity contribution is 7.92. The predicted octanol–water partition coefficient (Wildman–Crippen LogP) is 5.66. The van der Waals surface area contributed by atoms with Gasteiger partial charge in [-0.15, -0.1) is 0 Å². The number of hydrogen-bond donors (Lipinski definition) is 1. The van der Waals surface area contributed by atoms with Crippen LogP contribution in [0.25, 0.3) is 0 Å². The van der Waals surface area contributed by atoms with E-state index in [2.05, 4.69) is 5.32 Å². The average Bonchev–Trinajstić information content (AvgIpc) is 2.87. The number of hydrogen-bond acceptors (Lipinski definition) is 4. The van der Waals surface area contributed by atoms with E-state index in [9.17, 15) is 22.4 Å². The molecule has 0 aliphatic carbocycles. The quantitative estimate of drug-likeness (QED) is 0.311. The Bertz CT molecular complexity index is 1380. The monoisotopic (exact) mass is 593 g/mol. The normalized spacial score (nSPS) is 12.2. The Balaban J connectivity index is 2.08. The molecule has 0 heterocycles. The van der Waals surface area contributed by atoms with E-state index in [4.69, 9.17) is 23.2 Å². The fourth-order valence-electron chi connectivity index (χ4n) is 4.02. The molecule has 0 bridgehead atoms. The number of amides is 2. The van der Waals surface area contributed by atoms with Crippen molar-refractivity contribution in [1.29, 1.82) is 0 Å². The smallest absolute Gasteiger partial charge is 0.264 e. The number of carbonyl (C=O) groups is 2. The van der Waals surface area contributed by atoms with E-state index in [0.29, 0.717) is 5.56 Å². The largest absolute Gasteiger partial charge is 0.352 e. The van der Waals surface area contributed by atoms with Crippen molar-refractivity contribution in [3.63, 3.8) is 0 Å². The van der Waals surface area contributed by atoms with Crippen molar-refractivity contribution in [3.8, 4) is 0 Å². The molecule has 2 amide bonds. The number of carbonyl (C=O) groups excluding carboxylic acids is 2. The number of halogens is 3. The highest BCUT2D eigenvalue weighted by atomic mass is 35.5. The van der Waals surface area contributed by atoms with Crippen molar-refractivity contribution >= 4 is 50.7 Å². The second-order valence-corrected chi connectivity index (χ2v) is 11.9. The molecule has 3 aromatic rings. The van der Waals surface area contributed by atoms with Crippen LogP contribution in [0.2, 0.25) is 10.0 Å². The molecule has 0 aromatic heterocycles. The maximum absolute atomic E-state index is 13.9. The Morgan fingerprint density at radius 1 is 0.949 bits per heavy atom. The Kier molecular flexibility index (Phi) is 10.4. The lowest BCUT2D eigenvalue weighted by Gasteiger charge is -2.33. The van der Waals surface area contributed by atoms with E-state index >= 15 is 0 Å². The van der Waals surface area contributed by atoms with Crippen LogP contribution in [-0.4, -0.2) is 43.8 Å². The van der Waals surface area contributed by atoms with Crippen molar-refractivity contribution in [2.24, 2.45) is 0 Å². The first kappa shape index (κ1) is 30.4. The SMILES string of the molecule is CC[C@@H](C(=O)NC(C)C)N(Cc1ccc(F)cc1)C(=O)CN(c1cc(Cl)cc(Cl)c1)S(=O)(=O)c1ccccc1. The van der Waals surface area contributed by atoms with Gasteiger partial charge in [-0.25, -0.2) is 12.8 Å². The third kappa shape index (κ3) is 7.94. The number of nitrogens with zero attached hydrogens (tertiary/aromatic N) is 2. The van der Waals surface area contributed by atoms with Crippen molar-refractivity contribution in [1.82, 2.24) is 10.2 Å². The highest BCUT2D eigenvalue weighted by Crippen LogP contribution is 2.30. The van der Waals surface area contributed by atoms with Crippen molar-refractivity contribution in [2.45, 2.75) is 50.7 Å². The summed E-state index contributed by atoms with van der Waals surface area (Å²) < 4.78 is 42.0. The Morgan fingerprint density at radius 3 is 2.08 bits per heavy atom. The maximum atomic E-state index is 13.9. The summed E-state index contributed by atoms with van der Waals surface area (Å²) in [4.78, 5) is 28.3. The number of nitrogens with one attached hydrogen (secondary N) is 1. The zero-order chi connectivity index (χ0) is 28.7. The lowest BCUT2D eigenvalue weighted by atomic mass is 10.1. The van der Waals surface area contributed by atoms with Gasteiger partial charge < -0.3 is 10.2 Å². The molecule has 0 saturated heterocycles. The molecular weight excluding hydrogens is 564 g/mol. The summed E-state index contributed by atoms with van der Waals surface area (Å²) in [6, 6.07) is 16.3. The summed E-state index contributed by atoms with van der Waals surface area (Å²) in [7, 11) is -4.25. The van der Waals surface area contributed by atoms with E-state index in [0.717, 1.165) is 4.31 Å². The van der Waals surface area contributed by atoms with Gasteiger partial charge in [0, 0.05) is 22.6 Å². The Labute approximate surface area is 238 Å². The standard InChI is InChI=1S/C28H30Cl2FN3O4S/c1-4-26(28(36)32-19(2)3)33(17-20-10-12-23(31)13-11-20)27(35)18-34(24-15-21(29)14-22(30)16-24)39(37,38)25-8-6-5-7-9-25/h5-16,19,26H,4,17-18H2,1-3H3,(H,32,36)/t26-/m0/s1. The van der Waals surface area contributed by atoms with Gasteiger partial charge >= 0.3 is 0 Å². The molecule has 0 saturated carbocycles. The molecule has 0 aliphatic heterocycles. The average molecular weight is 595 g/mol. The number of anilines is 1. The molecule has 1 N–H and O–H groups in total. The summed E-state index contributed by atoms with van der Waals surface area (Å²) in [6.07, 6.45) is 0.264. The summed E-state index contributed by atoms with van der Waals surface area (Å²) in [5, 5.41) is 3.19. The molecular formula is C28H30Cl2FN3O4S. The fourth-order valence-corrected chi connectivity index (χ4v) is 5.95. The van der Waals surface area contributed by atoms with Crippen molar-refractivity contribution < 1.29 is 22.4 Å². The predicted molar refractivity (Wildman–Crippen MR) is 152 cm³/mol. The zero-order valence-corrected chi connectivity index (χ0v) is 24.1. The van der Waals surface area contributed by atoms with E-state index in [1.807, 2.05) is 0 Å². The minimum absolute atomic E-state index is 0.0384. The lowest BCUT2D eigenvalue weighted by Crippen LogP contribution is -2.53. The fraction of sp³-hybridized carbons (Fsp3) is 0.286. The molecule has 3 rings (SSSR count). The summed E-state index contributed by atoms with van der Waals surface area (Å²) in [5.41, 5.74) is 0.662. The summed E-state index contributed by atoms with van der Waals surface area (Å²) in [6.45, 7) is 4.67. The molecule has 3 aromatic carbocycles. The third-order valence-corrected chi connectivity index (χ3v) is 8.05. The topological polar surface area (TPSA) is 86.8 Å². The van der Waals surface area contributed by atoms with Gasteiger partial charge in [0.1, 0.15) is 18.4 Å². The van der Waals surface area contributed by atoms with Crippen LogP contribution in [0.3, 0.4) is 0 Å². The van der Waals surface area contributed by atoms with Gasteiger partial charge in [-0.05, 0) is 68.3 Å². The molecule has 0 radical (unpaired) electrons. The summed E-state index contributed by atoms with van der Waals surface area (Å²) >= 11 is 12.4. The minimum atomic E-state index is -4.25. The Hall–Kier alpha value is -3.14. The third-order valence-electron chi connectivity index (χ3n) is 5.83. The first-order valence-corrected chi connectivity index (χ1v) is 14.5. The molecule has 0 unspecified atom stereocenters. The number of sulfonamides is 1. The lowest BCUT2D eigenvalue weighted by molar-refractivity contribution is -0.140. The van der Waals surface area contributed by atoms with Crippen LogP contribution in [0, 0.1) is 5.82 Å². The van der Waals surface area contributed by atoms with Crippen LogP contribution in [0.5, 0.6) is 0 Å². The van der Waals surface area contributed by atoms with Gasteiger partial charge in [-0.1, -0.05) is 60.5 Å². The molecule has 1 atom stereocenters. The molecule has 7 nitrogen and oxygen atoms in total. The van der Waals surface area contributed by atoms with Gasteiger partial charge in [0.15, 0.2) is 0 Å². The molecule has 39 heavy (non-hydrogen) atoms. The van der Waals surface area contributed by atoms with Crippen LogP contribution in [0.4, 0.5) is 10.1 Å². The van der Waals surface area contributed by atoms with E-state index in [1.165, 1.54) is 59.5 Å². The van der Waals surface area contributed by atoms with Crippen LogP contribution < -0.4 is 9.62 Å².